The third kappa shape index (κ3) is 5.79. The number of fused-ring (bicyclic) bond motifs is 1. The first-order valence-corrected chi connectivity index (χ1v) is 11.8. The molecule has 1 fully saturated rings. The summed E-state index contributed by atoms with van der Waals surface area (Å²) < 4.78 is 40.9. The fourth-order valence-corrected chi connectivity index (χ4v) is 3.85. The Kier molecular flexibility index (Phi) is 7.44. The minimum absolute atomic E-state index is 0.0111. The number of imidazole rings is 1. The molecule has 2 N–H and O–H groups in total. The Morgan fingerprint density at radius 1 is 1.19 bits per heavy atom. The first-order chi connectivity index (χ1) is 18.0. The van der Waals surface area contributed by atoms with E-state index in [4.69, 9.17) is 9.47 Å². The highest BCUT2D eigenvalue weighted by Crippen LogP contribution is 2.28. The summed E-state index contributed by atoms with van der Waals surface area (Å²) in [5.41, 5.74) is 1.44. The normalized spacial score (nSPS) is 16.0. The third-order valence-electron chi connectivity index (χ3n) is 5.61. The number of nitrogens with zero attached hydrogens (tertiary/aromatic N) is 7. The first kappa shape index (κ1) is 24.9. The molecular weight excluding hydrogens is 484 g/mol. The zero-order valence-corrected chi connectivity index (χ0v) is 20.4. The number of para-hydroxylation sites is 2. The Labute approximate surface area is 211 Å². The highest BCUT2D eigenvalue weighted by atomic mass is 19.3. The van der Waals surface area contributed by atoms with Crippen LogP contribution in [0.3, 0.4) is 0 Å². The van der Waals surface area contributed by atoms with E-state index in [2.05, 4.69) is 35.6 Å². The fraction of sp³-hybridized carbons (Fsp3) is 0.375. The highest BCUT2D eigenvalue weighted by molar-refractivity contribution is 5.77. The van der Waals surface area contributed by atoms with Crippen molar-refractivity contribution >= 4 is 22.7 Å². The van der Waals surface area contributed by atoms with Crippen LogP contribution >= 0.6 is 0 Å². The summed E-state index contributed by atoms with van der Waals surface area (Å²) in [6.07, 6.45) is -0.103. The monoisotopic (exact) mass is 511 g/mol. The molecule has 0 aliphatic carbocycles. The molecule has 1 saturated heterocycles. The van der Waals surface area contributed by atoms with Gasteiger partial charge in [0.15, 0.2) is 11.6 Å². The summed E-state index contributed by atoms with van der Waals surface area (Å²) in [6.45, 7) is 2.90. The average Bonchev–Trinajstić information content (AvgIpc) is 3.29. The van der Waals surface area contributed by atoms with Gasteiger partial charge in [-0.15, -0.1) is 0 Å². The maximum atomic E-state index is 14.0. The minimum Gasteiger partial charge on any atom is -0.491 e. The maximum Gasteiger partial charge on any atom is 0.296 e. The molecule has 1 aliphatic rings. The van der Waals surface area contributed by atoms with Crippen molar-refractivity contribution in [3.63, 3.8) is 0 Å². The number of likely N-dealkylation sites (N-methyl/N-ethyl adjacent to an activating group) is 1. The van der Waals surface area contributed by atoms with E-state index >= 15 is 0 Å². The van der Waals surface area contributed by atoms with Crippen molar-refractivity contribution in [2.24, 2.45) is 0 Å². The molecule has 1 aromatic carbocycles. The summed E-state index contributed by atoms with van der Waals surface area (Å²) in [6, 6.07) is 8.62. The SMILES string of the molecule is CN(C)CCOc1cncc(Nc2nc(C3CNCCO3)nc(-n3c(C(F)F)nc4ccccc43)n2)c1. The van der Waals surface area contributed by atoms with Crippen LogP contribution in [0, 0.1) is 0 Å². The molecule has 194 valence electrons. The van der Waals surface area contributed by atoms with Gasteiger partial charge in [0.1, 0.15) is 18.5 Å². The number of pyridine rings is 1. The van der Waals surface area contributed by atoms with Crippen molar-refractivity contribution in [3.05, 3.63) is 54.4 Å². The van der Waals surface area contributed by atoms with Crippen LogP contribution in [0.2, 0.25) is 0 Å². The summed E-state index contributed by atoms with van der Waals surface area (Å²) in [7, 11) is 3.92. The summed E-state index contributed by atoms with van der Waals surface area (Å²) in [5.74, 6) is 0.590. The molecule has 0 radical (unpaired) electrons. The molecule has 0 bridgehead atoms. The second-order valence-corrected chi connectivity index (χ2v) is 8.66. The van der Waals surface area contributed by atoms with Crippen molar-refractivity contribution in [3.8, 4) is 11.7 Å². The predicted molar refractivity (Wildman–Crippen MR) is 133 cm³/mol. The molecule has 37 heavy (non-hydrogen) atoms. The van der Waals surface area contributed by atoms with Gasteiger partial charge in [-0.05, 0) is 26.2 Å². The molecule has 3 aromatic heterocycles. The number of anilines is 2. The Balaban J connectivity index is 1.53. The molecule has 1 atom stereocenters. The van der Waals surface area contributed by atoms with E-state index in [-0.39, 0.29) is 11.9 Å². The highest BCUT2D eigenvalue weighted by Gasteiger charge is 2.25. The second kappa shape index (κ2) is 11.1. The van der Waals surface area contributed by atoms with Gasteiger partial charge in [0, 0.05) is 25.7 Å². The molecule has 0 spiro atoms. The Bertz CT molecular complexity index is 1360. The molecule has 0 amide bonds. The molecule has 4 aromatic rings. The van der Waals surface area contributed by atoms with Crippen LogP contribution in [0.4, 0.5) is 20.4 Å². The average molecular weight is 512 g/mol. The standard InChI is InChI=1S/C24H27F2N9O2/c1-34(2)8-10-36-16-11-15(12-28-13-16)29-23-31-21(19-14-27-7-9-37-19)32-24(33-23)35-18-6-4-3-5-17(18)30-22(35)20(25)26/h3-6,11-13,19-20,27H,7-10,14H2,1-2H3,(H,29,31,32,33). The maximum absolute atomic E-state index is 14.0. The van der Waals surface area contributed by atoms with E-state index in [0.29, 0.717) is 54.6 Å². The summed E-state index contributed by atoms with van der Waals surface area (Å²) in [4.78, 5) is 23.9. The quantitative estimate of drug-likeness (QED) is 0.348. The van der Waals surface area contributed by atoms with Crippen LogP contribution in [-0.2, 0) is 4.74 Å². The smallest absolute Gasteiger partial charge is 0.296 e. The van der Waals surface area contributed by atoms with Crippen molar-refractivity contribution in [1.29, 1.82) is 0 Å². The number of hydrogen-bond acceptors (Lipinski definition) is 10. The lowest BCUT2D eigenvalue weighted by molar-refractivity contribution is 0.0220. The van der Waals surface area contributed by atoms with Gasteiger partial charge in [0.2, 0.25) is 11.9 Å². The van der Waals surface area contributed by atoms with E-state index in [1.54, 1.807) is 42.7 Å². The predicted octanol–water partition coefficient (Wildman–Crippen LogP) is 2.89. The molecule has 1 unspecified atom stereocenters. The number of ether oxygens (including phenoxy) is 2. The van der Waals surface area contributed by atoms with Crippen molar-refractivity contribution in [2.45, 2.75) is 12.5 Å². The van der Waals surface area contributed by atoms with Crippen LogP contribution < -0.4 is 15.4 Å². The van der Waals surface area contributed by atoms with Gasteiger partial charge in [-0.3, -0.25) is 9.55 Å². The number of rotatable bonds is 9. The van der Waals surface area contributed by atoms with Crippen molar-refractivity contribution in [2.75, 3.05) is 52.3 Å². The van der Waals surface area contributed by atoms with Crippen molar-refractivity contribution in [1.82, 2.24) is 39.7 Å². The first-order valence-electron chi connectivity index (χ1n) is 11.8. The van der Waals surface area contributed by atoms with Gasteiger partial charge in [-0.25, -0.2) is 13.8 Å². The van der Waals surface area contributed by atoms with Crippen LogP contribution in [0.25, 0.3) is 17.0 Å². The van der Waals surface area contributed by atoms with Crippen LogP contribution in [0.5, 0.6) is 5.75 Å². The molecule has 5 rings (SSSR count). The van der Waals surface area contributed by atoms with Gasteiger partial charge in [-0.2, -0.15) is 15.0 Å². The van der Waals surface area contributed by atoms with E-state index in [1.807, 2.05) is 19.0 Å². The third-order valence-corrected chi connectivity index (χ3v) is 5.61. The number of nitrogens with one attached hydrogen (secondary N) is 2. The lowest BCUT2D eigenvalue weighted by Crippen LogP contribution is -2.34. The van der Waals surface area contributed by atoms with Crippen LogP contribution in [0.1, 0.15) is 24.2 Å². The molecule has 11 nitrogen and oxygen atoms in total. The zero-order chi connectivity index (χ0) is 25.8. The van der Waals surface area contributed by atoms with E-state index in [0.717, 1.165) is 6.54 Å². The fourth-order valence-electron chi connectivity index (χ4n) is 3.85. The number of aromatic nitrogens is 6. The molecular formula is C24H27F2N9O2. The van der Waals surface area contributed by atoms with E-state index < -0.39 is 18.4 Å². The number of benzene rings is 1. The molecule has 4 heterocycles. The number of halogens is 2. The Morgan fingerprint density at radius 3 is 2.84 bits per heavy atom. The second-order valence-electron chi connectivity index (χ2n) is 8.66. The lowest BCUT2D eigenvalue weighted by atomic mass is 10.3. The summed E-state index contributed by atoms with van der Waals surface area (Å²) >= 11 is 0. The molecule has 13 heteroatoms. The van der Waals surface area contributed by atoms with Gasteiger partial charge in [0.05, 0.1) is 35.7 Å². The topological polar surface area (TPSA) is 115 Å². The molecule has 1 aliphatic heterocycles. The van der Waals surface area contributed by atoms with E-state index in [9.17, 15) is 8.78 Å². The zero-order valence-electron chi connectivity index (χ0n) is 20.4. The van der Waals surface area contributed by atoms with Gasteiger partial charge < -0.3 is 25.0 Å². The summed E-state index contributed by atoms with van der Waals surface area (Å²) in [5, 5.41) is 6.35. The van der Waals surface area contributed by atoms with Crippen LogP contribution in [-0.4, -0.2) is 81.3 Å². The number of alkyl halides is 2. The largest absolute Gasteiger partial charge is 0.491 e. The Morgan fingerprint density at radius 2 is 2.05 bits per heavy atom. The van der Waals surface area contributed by atoms with E-state index in [1.165, 1.54) is 4.57 Å². The molecule has 0 saturated carbocycles. The Hall–Kier alpha value is -3.81. The number of hydrogen-bond donors (Lipinski definition) is 2. The van der Waals surface area contributed by atoms with Crippen molar-refractivity contribution < 1.29 is 18.3 Å². The van der Waals surface area contributed by atoms with Gasteiger partial charge in [0.25, 0.3) is 6.43 Å². The lowest BCUT2D eigenvalue weighted by Gasteiger charge is -2.23. The minimum atomic E-state index is -2.84. The van der Waals surface area contributed by atoms with Crippen LogP contribution in [0.15, 0.2) is 42.7 Å². The number of morpholine rings is 1. The van der Waals surface area contributed by atoms with Gasteiger partial charge in [-0.1, -0.05) is 12.1 Å². The van der Waals surface area contributed by atoms with Gasteiger partial charge >= 0.3 is 0 Å².